The van der Waals surface area contributed by atoms with Gasteiger partial charge in [-0.15, -0.1) is 0 Å². The van der Waals surface area contributed by atoms with Crippen LogP contribution in [0.5, 0.6) is 5.75 Å². The van der Waals surface area contributed by atoms with Gasteiger partial charge in [-0.1, -0.05) is 42.5 Å². The molecule has 0 unspecified atom stereocenters. The second-order valence-electron chi connectivity index (χ2n) is 5.78. The van der Waals surface area contributed by atoms with Crippen molar-refractivity contribution in [2.75, 3.05) is 12.4 Å². The monoisotopic (exact) mass is 365 g/mol. The lowest BCUT2D eigenvalue weighted by molar-refractivity contribution is -0.111. The van der Waals surface area contributed by atoms with Gasteiger partial charge in [0.2, 0.25) is 0 Å². The van der Waals surface area contributed by atoms with Crippen LogP contribution in [-0.4, -0.2) is 13.0 Å². The number of halogens is 2. The molecule has 0 atom stereocenters. The maximum Gasteiger partial charge on any atom is 0.256 e. The van der Waals surface area contributed by atoms with E-state index < -0.39 is 17.5 Å². The molecule has 0 aliphatic heterocycles. The van der Waals surface area contributed by atoms with Crippen LogP contribution in [0.15, 0.2) is 72.8 Å². The lowest BCUT2D eigenvalue weighted by atomic mass is 10.0. The molecule has 3 aromatic carbocycles. The molecule has 136 valence electrons. The van der Waals surface area contributed by atoms with Crippen LogP contribution in [0.3, 0.4) is 0 Å². The zero-order valence-corrected chi connectivity index (χ0v) is 14.6. The van der Waals surface area contributed by atoms with E-state index in [0.29, 0.717) is 16.9 Å². The van der Waals surface area contributed by atoms with Crippen molar-refractivity contribution in [3.8, 4) is 5.75 Å². The normalized spacial score (nSPS) is 11.1. The predicted molar refractivity (Wildman–Crippen MR) is 102 cm³/mol. The third-order valence-electron chi connectivity index (χ3n) is 3.94. The highest BCUT2D eigenvalue weighted by Crippen LogP contribution is 2.23. The van der Waals surface area contributed by atoms with E-state index in [1.54, 1.807) is 37.5 Å². The van der Waals surface area contributed by atoms with Gasteiger partial charge >= 0.3 is 0 Å². The van der Waals surface area contributed by atoms with E-state index in [0.717, 1.165) is 17.7 Å². The highest BCUT2D eigenvalue weighted by atomic mass is 19.1. The van der Waals surface area contributed by atoms with E-state index in [2.05, 4.69) is 5.32 Å². The first-order valence-corrected chi connectivity index (χ1v) is 8.24. The minimum absolute atomic E-state index is 0.0852. The van der Waals surface area contributed by atoms with E-state index >= 15 is 0 Å². The van der Waals surface area contributed by atoms with Gasteiger partial charge < -0.3 is 10.1 Å². The minimum atomic E-state index is -0.833. The van der Waals surface area contributed by atoms with Crippen molar-refractivity contribution in [2.24, 2.45) is 0 Å². The minimum Gasteiger partial charge on any atom is -0.497 e. The smallest absolute Gasteiger partial charge is 0.256 e. The largest absolute Gasteiger partial charge is 0.497 e. The summed E-state index contributed by atoms with van der Waals surface area (Å²) >= 11 is 0. The Morgan fingerprint density at radius 1 is 0.963 bits per heavy atom. The van der Waals surface area contributed by atoms with Crippen LogP contribution in [0.1, 0.15) is 11.1 Å². The fraction of sp³-hybridized carbons (Fsp3) is 0.0455. The molecule has 0 fully saturated rings. The second-order valence-corrected chi connectivity index (χ2v) is 5.78. The molecule has 0 bridgehead atoms. The molecule has 0 aliphatic rings. The van der Waals surface area contributed by atoms with Crippen molar-refractivity contribution in [2.45, 2.75) is 0 Å². The van der Waals surface area contributed by atoms with Gasteiger partial charge in [0.25, 0.3) is 5.91 Å². The first kappa shape index (κ1) is 18.3. The lowest BCUT2D eigenvalue weighted by Gasteiger charge is -2.11. The summed E-state index contributed by atoms with van der Waals surface area (Å²) in [4.78, 5) is 12.8. The SMILES string of the molecule is COc1ccc(/C=C(/C(=O)Nc2ccc(F)cc2F)c2ccccc2)cc1. The van der Waals surface area contributed by atoms with Gasteiger partial charge in [0.05, 0.1) is 12.8 Å². The molecular formula is C22H17F2NO2. The first-order chi connectivity index (χ1) is 13.1. The molecular weight excluding hydrogens is 348 g/mol. The van der Waals surface area contributed by atoms with Crippen molar-refractivity contribution in [3.63, 3.8) is 0 Å². The maximum absolute atomic E-state index is 13.9. The van der Waals surface area contributed by atoms with Gasteiger partial charge in [-0.25, -0.2) is 8.78 Å². The molecule has 0 saturated carbocycles. The highest BCUT2D eigenvalue weighted by Gasteiger charge is 2.15. The molecule has 0 aromatic heterocycles. The first-order valence-electron chi connectivity index (χ1n) is 8.24. The Kier molecular flexibility index (Phi) is 5.61. The Bertz CT molecular complexity index is 967. The second kappa shape index (κ2) is 8.27. The molecule has 0 saturated heterocycles. The summed E-state index contributed by atoms with van der Waals surface area (Å²) in [5.41, 5.74) is 1.72. The molecule has 5 heteroatoms. The number of hydrogen-bond donors (Lipinski definition) is 1. The van der Waals surface area contributed by atoms with Crippen molar-refractivity contribution < 1.29 is 18.3 Å². The van der Waals surface area contributed by atoms with E-state index in [4.69, 9.17) is 4.74 Å². The van der Waals surface area contributed by atoms with Crippen molar-refractivity contribution in [3.05, 3.63) is 95.6 Å². The third kappa shape index (κ3) is 4.58. The lowest BCUT2D eigenvalue weighted by Crippen LogP contribution is -2.14. The van der Waals surface area contributed by atoms with Crippen molar-refractivity contribution in [1.29, 1.82) is 0 Å². The van der Waals surface area contributed by atoms with Crippen LogP contribution in [0, 0.1) is 11.6 Å². The van der Waals surface area contributed by atoms with E-state index in [1.165, 1.54) is 6.07 Å². The summed E-state index contributed by atoms with van der Waals surface area (Å²) < 4.78 is 32.1. The number of amides is 1. The number of nitrogens with one attached hydrogen (secondary N) is 1. The topological polar surface area (TPSA) is 38.3 Å². The number of anilines is 1. The van der Waals surface area contributed by atoms with Gasteiger partial charge in [0.15, 0.2) is 0 Å². The Balaban J connectivity index is 1.96. The van der Waals surface area contributed by atoms with Gasteiger partial charge in [0, 0.05) is 11.6 Å². The average Bonchev–Trinajstić information content (AvgIpc) is 2.69. The zero-order chi connectivity index (χ0) is 19.2. The number of carbonyl (C=O) groups excluding carboxylic acids is 1. The molecule has 0 heterocycles. The summed E-state index contributed by atoms with van der Waals surface area (Å²) in [6, 6.07) is 19.2. The molecule has 27 heavy (non-hydrogen) atoms. The van der Waals surface area contributed by atoms with Gasteiger partial charge in [-0.3, -0.25) is 4.79 Å². The summed E-state index contributed by atoms with van der Waals surface area (Å²) in [5.74, 6) is -1.34. The van der Waals surface area contributed by atoms with Gasteiger partial charge in [-0.2, -0.15) is 0 Å². The van der Waals surface area contributed by atoms with Crippen molar-refractivity contribution in [1.82, 2.24) is 0 Å². The van der Waals surface area contributed by atoms with Crippen LogP contribution in [0.4, 0.5) is 14.5 Å². The highest BCUT2D eigenvalue weighted by molar-refractivity contribution is 6.29. The van der Waals surface area contributed by atoms with E-state index in [9.17, 15) is 13.6 Å². The summed E-state index contributed by atoms with van der Waals surface area (Å²) in [7, 11) is 1.57. The maximum atomic E-state index is 13.9. The Morgan fingerprint density at radius 3 is 2.30 bits per heavy atom. The summed E-state index contributed by atoms with van der Waals surface area (Å²) in [6.45, 7) is 0. The number of benzene rings is 3. The Labute approximate surface area is 155 Å². The number of methoxy groups -OCH3 is 1. The molecule has 3 aromatic rings. The zero-order valence-electron chi connectivity index (χ0n) is 14.6. The Morgan fingerprint density at radius 2 is 1.67 bits per heavy atom. The number of ether oxygens (including phenoxy) is 1. The summed E-state index contributed by atoms with van der Waals surface area (Å²) in [6.07, 6.45) is 1.70. The summed E-state index contributed by atoms with van der Waals surface area (Å²) in [5, 5.41) is 2.51. The molecule has 3 rings (SSSR count). The van der Waals surface area contributed by atoms with E-state index in [-0.39, 0.29) is 5.69 Å². The fourth-order valence-corrected chi connectivity index (χ4v) is 2.54. The van der Waals surface area contributed by atoms with Crippen LogP contribution in [0.2, 0.25) is 0 Å². The molecule has 3 nitrogen and oxygen atoms in total. The molecule has 1 N–H and O–H groups in total. The fourth-order valence-electron chi connectivity index (χ4n) is 2.54. The number of rotatable bonds is 5. The van der Waals surface area contributed by atoms with Crippen molar-refractivity contribution >= 4 is 23.2 Å². The van der Waals surface area contributed by atoms with E-state index in [1.807, 2.05) is 30.3 Å². The van der Waals surface area contributed by atoms with Crippen LogP contribution < -0.4 is 10.1 Å². The third-order valence-corrected chi connectivity index (χ3v) is 3.94. The molecule has 0 aliphatic carbocycles. The molecule has 1 amide bonds. The van der Waals surface area contributed by atoms with Gasteiger partial charge in [-0.05, 0) is 41.5 Å². The number of hydrogen-bond acceptors (Lipinski definition) is 2. The number of carbonyl (C=O) groups is 1. The van der Waals surface area contributed by atoms with Gasteiger partial charge in [0.1, 0.15) is 17.4 Å². The van der Waals surface area contributed by atoms with Crippen LogP contribution >= 0.6 is 0 Å². The standard InChI is InChI=1S/C22H17F2NO2/c1-27-18-10-7-15(8-11-18)13-19(16-5-3-2-4-6-16)22(26)25-21-12-9-17(23)14-20(21)24/h2-14H,1H3,(H,25,26)/b19-13+. The molecule has 0 spiro atoms. The van der Waals surface area contributed by atoms with Crippen LogP contribution in [0.25, 0.3) is 11.6 Å². The molecule has 0 radical (unpaired) electrons. The quantitative estimate of drug-likeness (QED) is 0.501. The predicted octanol–water partition coefficient (Wildman–Crippen LogP) is 5.15. The van der Waals surface area contributed by atoms with Crippen LogP contribution in [-0.2, 0) is 4.79 Å². The Hall–Kier alpha value is -3.47. The average molecular weight is 365 g/mol.